The second kappa shape index (κ2) is 20.4. The number of carbonyl (C=O) groups excluding carboxylic acids is 2. The summed E-state index contributed by atoms with van der Waals surface area (Å²) in [5.41, 5.74) is 1.53. The maximum absolute atomic E-state index is 12.5. The van der Waals surface area contributed by atoms with Gasteiger partial charge >= 0.3 is 0 Å². The van der Waals surface area contributed by atoms with Gasteiger partial charge in [0, 0.05) is 24.7 Å². The maximum atomic E-state index is 12.5. The van der Waals surface area contributed by atoms with Crippen molar-refractivity contribution < 1.29 is 14.3 Å². The molecule has 8 heteroatoms. The number of hydrogen-bond donors (Lipinski definition) is 2. The molecule has 0 spiro atoms. The standard InChI is InChI=1S/C35H49Cl2N3O3/c1-2-3-4-8-26-43-31-15-13-30(14-16-31)35(42)39-22-9-10-28-19-24-40(25-20-28)23-7-5-6-21-38-34(41)18-12-29-11-17-32(36)33(37)27-29/h11-18,27-28H,2-10,19-26H2,1H3,(H,38,41)(H,39,42)/b18-12+. The van der Waals surface area contributed by atoms with E-state index >= 15 is 0 Å². The van der Waals surface area contributed by atoms with Crippen LogP contribution in [0.3, 0.4) is 0 Å². The minimum atomic E-state index is -0.0970. The zero-order valence-electron chi connectivity index (χ0n) is 25.7. The summed E-state index contributed by atoms with van der Waals surface area (Å²) in [6.45, 7) is 7.76. The Balaban J connectivity index is 1.16. The Kier molecular flexibility index (Phi) is 16.6. The fourth-order valence-corrected chi connectivity index (χ4v) is 5.62. The van der Waals surface area contributed by atoms with E-state index < -0.39 is 0 Å². The lowest BCUT2D eigenvalue weighted by Gasteiger charge is -2.32. The normalized spacial score (nSPS) is 14.2. The number of ether oxygens (including phenoxy) is 1. The van der Waals surface area contributed by atoms with E-state index in [1.165, 1.54) is 38.2 Å². The van der Waals surface area contributed by atoms with E-state index in [-0.39, 0.29) is 11.8 Å². The Morgan fingerprint density at radius 1 is 0.884 bits per heavy atom. The van der Waals surface area contributed by atoms with Crippen LogP contribution in [0.1, 0.15) is 93.5 Å². The molecule has 1 saturated heterocycles. The highest BCUT2D eigenvalue weighted by Gasteiger charge is 2.18. The van der Waals surface area contributed by atoms with Crippen LogP contribution in [0, 0.1) is 5.92 Å². The zero-order valence-corrected chi connectivity index (χ0v) is 27.2. The molecule has 2 aromatic carbocycles. The number of hydrogen-bond acceptors (Lipinski definition) is 4. The lowest BCUT2D eigenvalue weighted by molar-refractivity contribution is -0.116. The number of nitrogens with one attached hydrogen (secondary N) is 2. The molecule has 2 N–H and O–H groups in total. The predicted molar refractivity (Wildman–Crippen MR) is 179 cm³/mol. The van der Waals surface area contributed by atoms with Crippen LogP contribution in [0.15, 0.2) is 48.5 Å². The third kappa shape index (κ3) is 14.2. The minimum Gasteiger partial charge on any atom is -0.494 e. The van der Waals surface area contributed by atoms with Crippen LogP contribution >= 0.6 is 23.2 Å². The number of piperidine rings is 1. The average molecular weight is 631 g/mol. The van der Waals surface area contributed by atoms with E-state index in [0.717, 1.165) is 88.5 Å². The zero-order chi connectivity index (χ0) is 30.7. The molecule has 0 aromatic heterocycles. The molecule has 2 aromatic rings. The quantitative estimate of drug-likeness (QED) is 0.121. The smallest absolute Gasteiger partial charge is 0.251 e. The highest BCUT2D eigenvalue weighted by atomic mass is 35.5. The molecular formula is C35H49Cl2N3O3. The Labute approximate surface area is 268 Å². The fourth-order valence-electron chi connectivity index (χ4n) is 5.31. The van der Waals surface area contributed by atoms with Crippen molar-refractivity contribution >= 4 is 41.1 Å². The Morgan fingerprint density at radius 3 is 2.37 bits per heavy atom. The number of likely N-dealkylation sites (tertiary alicyclic amines) is 1. The summed E-state index contributed by atoms with van der Waals surface area (Å²) in [6, 6.07) is 12.8. The number of nitrogens with zero attached hydrogens (tertiary/aromatic N) is 1. The summed E-state index contributed by atoms with van der Waals surface area (Å²) >= 11 is 11.9. The molecule has 236 valence electrons. The van der Waals surface area contributed by atoms with Gasteiger partial charge in [-0.2, -0.15) is 0 Å². The van der Waals surface area contributed by atoms with Crippen LogP contribution in [-0.2, 0) is 4.79 Å². The molecule has 43 heavy (non-hydrogen) atoms. The molecule has 1 aliphatic heterocycles. The van der Waals surface area contributed by atoms with Crippen molar-refractivity contribution in [2.45, 2.75) is 77.6 Å². The first-order valence-corrected chi connectivity index (χ1v) is 16.8. The summed E-state index contributed by atoms with van der Waals surface area (Å²) in [4.78, 5) is 27.1. The summed E-state index contributed by atoms with van der Waals surface area (Å²) in [5.74, 6) is 1.47. The van der Waals surface area contributed by atoms with Gasteiger partial charge in [0.05, 0.1) is 16.7 Å². The molecule has 0 bridgehead atoms. The first-order chi connectivity index (χ1) is 20.9. The van der Waals surface area contributed by atoms with Gasteiger partial charge in [0.2, 0.25) is 5.91 Å². The van der Waals surface area contributed by atoms with Gasteiger partial charge in [0.1, 0.15) is 5.75 Å². The fraction of sp³-hybridized carbons (Fsp3) is 0.543. The van der Waals surface area contributed by atoms with Crippen molar-refractivity contribution in [2.75, 3.05) is 39.3 Å². The van der Waals surface area contributed by atoms with Crippen LogP contribution in [0.2, 0.25) is 10.0 Å². The summed E-state index contributed by atoms with van der Waals surface area (Å²) in [7, 11) is 0. The van der Waals surface area contributed by atoms with Crippen molar-refractivity contribution in [1.82, 2.24) is 15.5 Å². The van der Waals surface area contributed by atoms with Gasteiger partial charge in [-0.25, -0.2) is 0 Å². The number of carbonyl (C=O) groups is 2. The Bertz CT molecular complexity index is 1130. The number of unbranched alkanes of at least 4 members (excludes halogenated alkanes) is 5. The van der Waals surface area contributed by atoms with E-state index in [1.807, 2.05) is 30.3 Å². The van der Waals surface area contributed by atoms with Crippen molar-refractivity contribution in [1.29, 1.82) is 0 Å². The van der Waals surface area contributed by atoms with Crippen molar-refractivity contribution in [3.8, 4) is 5.75 Å². The molecule has 1 aliphatic rings. The van der Waals surface area contributed by atoms with Crippen LogP contribution in [0.4, 0.5) is 0 Å². The number of halogens is 2. The summed E-state index contributed by atoms with van der Waals surface area (Å²) in [6.07, 6.45) is 15.9. The van der Waals surface area contributed by atoms with E-state index in [1.54, 1.807) is 18.2 Å². The van der Waals surface area contributed by atoms with E-state index in [4.69, 9.17) is 27.9 Å². The van der Waals surface area contributed by atoms with Crippen molar-refractivity contribution in [3.63, 3.8) is 0 Å². The second-order valence-electron chi connectivity index (χ2n) is 11.5. The van der Waals surface area contributed by atoms with E-state index in [9.17, 15) is 9.59 Å². The molecule has 6 nitrogen and oxygen atoms in total. The van der Waals surface area contributed by atoms with Crippen molar-refractivity contribution in [3.05, 3.63) is 69.7 Å². The average Bonchev–Trinajstić information content (AvgIpc) is 3.02. The van der Waals surface area contributed by atoms with E-state index in [0.29, 0.717) is 22.2 Å². The minimum absolute atomic E-state index is 0.0105. The molecular weight excluding hydrogens is 581 g/mol. The van der Waals surface area contributed by atoms with Crippen molar-refractivity contribution in [2.24, 2.45) is 5.92 Å². The molecule has 0 aliphatic carbocycles. The van der Waals surface area contributed by atoms with Crippen LogP contribution < -0.4 is 15.4 Å². The largest absolute Gasteiger partial charge is 0.494 e. The number of amides is 2. The molecule has 0 atom stereocenters. The predicted octanol–water partition coefficient (Wildman–Crippen LogP) is 8.17. The lowest BCUT2D eigenvalue weighted by Crippen LogP contribution is -2.34. The lowest BCUT2D eigenvalue weighted by atomic mass is 9.92. The summed E-state index contributed by atoms with van der Waals surface area (Å²) < 4.78 is 5.77. The molecule has 1 heterocycles. The highest BCUT2D eigenvalue weighted by molar-refractivity contribution is 6.42. The molecule has 3 rings (SSSR count). The number of benzene rings is 2. The molecule has 0 unspecified atom stereocenters. The molecule has 1 fully saturated rings. The second-order valence-corrected chi connectivity index (χ2v) is 12.3. The topological polar surface area (TPSA) is 70.7 Å². The van der Waals surface area contributed by atoms with Gasteiger partial charge in [0.25, 0.3) is 5.91 Å². The SMILES string of the molecule is CCCCCCOc1ccc(C(=O)NCCCC2CCN(CCCCCNC(=O)/C=C/c3ccc(Cl)c(Cl)c3)CC2)cc1. The summed E-state index contributed by atoms with van der Waals surface area (Å²) in [5, 5.41) is 7.00. The van der Waals surface area contributed by atoms with Gasteiger partial charge in [-0.05, 0) is 119 Å². The Morgan fingerprint density at radius 2 is 1.63 bits per heavy atom. The van der Waals surface area contributed by atoms with Crippen LogP contribution in [-0.4, -0.2) is 56.0 Å². The van der Waals surface area contributed by atoms with Crippen LogP contribution in [0.25, 0.3) is 6.08 Å². The molecule has 0 radical (unpaired) electrons. The molecule has 0 saturated carbocycles. The van der Waals surface area contributed by atoms with Gasteiger partial charge < -0.3 is 20.3 Å². The van der Waals surface area contributed by atoms with Crippen LogP contribution in [0.5, 0.6) is 5.75 Å². The maximum Gasteiger partial charge on any atom is 0.251 e. The first-order valence-electron chi connectivity index (χ1n) is 16.1. The van der Waals surface area contributed by atoms with Gasteiger partial charge in [0.15, 0.2) is 0 Å². The highest BCUT2D eigenvalue weighted by Crippen LogP contribution is 2.23. The third-order valence-corrected chi connectivity index (χ3v) is 8.73. The van der Waals surface area contributed by atoms with Gasteiger partial charge in [-0.3, -0.25) is 9.59 Å². The molecule has 2 amide bonds. The van der Waals surface area contributed by atoms with E-state index in [2.05, 4.69) is 22.5 Å². The third-order valence-electron chi connectivity index (χ3n) is 7.99. The van der Waals surface area contributed by atoms with Gasteiger partial charge in [-0.1, -0.05) is 61.9 Å². The monoisotopic (exact) mass is 629 g/mol. The number of rotatable bonds is 19. The van der Waals surface area contributed by atoms with Gasteiger partial charge in [-0.15, -0.1) is 0 Å². The Hall–Kier alpha value is -2.54. The first kappa shape index (κ1) is 34.9.